The molecule has 2 heteroatoms. The first kappa shape index (κ1) is 7.45. The van der Waals surface area contributed by atoms with Crippen molar-refractivity contribution in [1.29, 1.82) is 5.26 Å². The van der Waals surface area contributed by atoms with Crippen LogP contribution in [0.1, 0.15) is 20.3 Å². The van der Waals surface area contributed by atoms with Crippen molar-refractivity contribution >= 4 is 0 Å². The molecule has 0 aliphatic carbocycles. The number of aliphatic hydroxyl groups is 1. The second-order valence-electron chi connectivity index (χ2n) is 1.88. The molecule has 0 aromatic rings. The minimum absolute atomic E-state index is 0.185. The average Bonchev–Trinajstić information content (AvgIpc) is 1.69. The van der Waals surface area contributed by atoms with Crippen LogP contribution in [0.15, 0.2) is 0 Å². The van der Waals surface area contributed by atoms with Crippen molar-refractivity contribution in [2.45, 2.75) is 26.4 Å². The summed E-state index contributed by atoms with van der Waals surface area (Å²) in [6.07, 6.45) is 0.249. The van der Waals surface area contributed by atoms with Gasteiger partial charge in [-0.05, 0) is 13.3 Å². The van der Waals surface area contributed by atoms with Gasteiger partial charge in [-0.2, -0.15) is 5.26 Å². The molecule has 0 saturated carbocycles. The van der Waals surface area contributed by atoms with Gasteiger partial charge in [-0.3, -0.25) is 0 Å². The van der Waals surface area contributed by atoms with E-state index in [0.29, 0.717) is 0 Å². The topological polar surface area (TPSA) is 44.0 Å². The van der Waals surface area contributed by atoms with Gasteiger partial charge in [0.1, 0.15) is 0 Å². The van der Waals surface area contributed by atoms with Crippen LogP contribution in [0.25, 0.3) is 0 Å². The van der Waals surface area contributed by atoms with Crippen LogP contribution < -0.4 is 0 Å². The normalized spacial score (nSPS) is 16.8. The number of aliphatic hydroxyl groups excluding tert-OH is 1. The van der Waals surface area contributed by atoms with Crippen LogP contribution in [-0.2, 0) is 0 Å². The predicted octanol–water partition coefficient (Wildman–Crippen LogP) is 0.917. The summed E-state index contributed by atoms with van der Waals surface area (Å²) in [5.74, 6) is -0.185. The Hall–Kier alpha value is -0.550. The van der Waals surface area contributed by atoms with Crippen molar-refractivity contribution in [2.24, 2.45) is 5.92 Å². The van der Waals surface area contributed by atoms with Crippen molar-refractivity contribution in [3.63, 3.8) is 0 Å². The third kappa shape index (κ3) is 1.94. The van der Waals surface area contributed by atoms with Gasteiger partial charge >= 0.3 is 0 Å². The number of hydrogen-bond acceptors (Lipinski definition) is 2. The monoisotopic (exact) mass is 113 g/mol. The number of rotatable bonds is 2. The number of nitrogens with zero attached hydrogens (tertiary/aromatic N) is 1. The van der Waals surface area contributed by atoms with Crippen LogP contribution in [0.5, 0.6) is 0 Å². The van der Waals surface area contributed by atoms with E-state index in [1.165, 1.54) is 0 Å². The maximum absolute atomic E-state index is 8.79. The molecule has 0 heterocycles. The lowest BCUT2D eigenvalue weighted by molar-refractivity contribution is 0.150. The molecule has 0 spiro atoms. The molecule has 0 bridgehead atoms. The Morgan fingerprint density at radius 3 is 2.25 bits per heavy atom. The molecule has 46 valence electrons. The van der Waals surface area contributed by atoms with Crippen LogP contribution >= 0.6 is 0 Å². The van der Waals surface area contributed by atoms with Crippen molar-refractivity contribution in [2.75, 3.05) is 0 Å². The van der Waals surface area contributed by atoms with Crippen molar-refractivity contribution in [3.05, 3.63) is 0 Å². The minimum Gasteiger partial charge on any atom is -0.392 e. The van der Waals surface area contributed by atoms with Crippen molar-refractivity contribution in [1.82, 2.24) is 0 Å². The van der Waals surface area contributed by atoms with E-state index in [1.807, 2.05) is 13.0 Å². The Labute approximate surface area is 49.8 Å². The van der Waals surface area contributed by atoms with E-state index in [-0.39, 0.29) is 5.92 Å². The molecule has 0 amide bonds. The molecule has 8 heavy (non-hydrogen) atoms. The van der Waals surface area contributed by atoms with E-state index in [2.05, 4.69) is 0 Å². The Morgan fingerprint density at radius 1 is 1.75 bits per heavy atom. The molecular formula is C6H11NO. The smallest absolute Gasteiger partial charge is 0.0717 e. The van der Waals surface area contributed by atoms with Gasteiger partial charge in [-0.15, -0.1) is 0 Å². The maximum atomic E-state index is 8.79. The molecule has 0 unspecified atom stereocenters. The van der Waals surface area contributed by atoms with E-state index < -0.39 is 6.10 Å². The SMILES string of the molecule is CC[C@@H](C#N)[C@H](C)O. The molecule has 0 aromatic heterocycles. The average molecular weight is 113 g/mol. The van der Waals surface area contributed by atoms with Gasteiger partial charge in [0, 0.05) is 0 Å². The van der Waals surface area contributed by atoms with E-state index in [9.17, 15) is 0 Å². The minimum atomic E-state index is -0.481. The summed E-state index contributed by atoms with van der Waals surface area (Å²) in [5.41, 5.74) is 0. The first-order valence-corrected chi connectivity index (χ1v) is 2.80. The van der Waals surface area contributed by atoms with E-state index in [0.717, 1.165) is 6.42 Å². The summed E-state index contributed by atoms with van der Waals surface area (Å²) in [4.78, 5) is 0. The zero-order valence-electron chi connectivity index (χ0n) is 5.26. The lowest BCUT2D eigenvalue weighted by Gasteiger charge is -2.06. The van der Waals surface area contributed by atoms with Gasteiger partial charge in [0.2, 0.25) is 0 Å². The highest BCUT2D eigenvalue weighted by Crippen LogP contribution is 2.04. The van der Waals surface area contributed by atoms with Crippen molar-refractivity contribution in [3.8, 4) is 6.07 Å². The fraction of sp³-hybridized carbons (Fsp3) is 0.833. The zero-order chi connectivity index (χ0) is 6.57. The first-order chi connectivity index (χ1) is 3.72. The third-order valence-electron chi connectivity index (χ3n) is 1.19. The van der Waals surface area contributed by atoms with Gasteiger partial charge in [-0.1, -0.05) is 6.92 Å². The molecule has 0 fully saturated rings. The van der Waals surface area contributed by atoms with Gasteiger partial charge in [-0.25, -0.2) is 0 Å². The van der Waals surface area contributed by atoms with E-state index in [4.69, 9.17) is 10.4 Å². The highest BCUT2D eigenvalue weighted by atomic mass is 16.3. The molecule has 0 rings (SSSR count). The van der Waals surface area contributed by atoms with Gasteiger partial charge in [0.05, 0.1) is 18.1 Å². The van der Waals surface area contributed by atoms with Crippen LogP contribution in [0.2, 0.25) is 0 Å². The molecule has 1 N–H and O–H groups in total. The second kappa shape index (κ2) is 3.45. The summed E-state index contributed by atoms with van der Waals surface area (Å²) in [7, 11) is 0. The van der Waals surface area contributed by atoms with Crippen molar-refractivity contribution < 1.29 is 5.11 Å². The van der Waals surface area contributed by atoms with Crippen LogP contribution in [-0.4, -0.2) is 11.2 Å². The Bertz CT molecular complexity index is 93.2. The summed E-state index contributed by atoms with van der Waals surface area (Å²) >= 11 is 0. The summed E-state index contributed by atoms with van der Waals surface area (Å²) in [6, 6.07) is 2.00. The molecule has 2 atom stereocenters. The molecule has 0 radical (unpaired) electrons. The maximum Gasteiger partial charge on any atom is 0.0717 e. The fourth-order valence-corrected chi connectivity index (χ4v) is 0.540. The molecule has 0 aliphatic heterocycles. The van der Waals surface area contributed by atoms with Gasteiger partial charge in [0.15, 0.2) is 0 Å². The Balaban J connectivity index is 3.57. The molecule has 0 aromatic carbocycles. The molecule has 0 aliphatic rings. The Morgan fingerprint density at radius 2 is 2.25 bits per heavy atom. The predicted molar refractivity (Wildman–Crippen MR) is 31.1 cm³/mol. The van der Waals surface area contributed by atoms with E-state index >= 15 is 0 Å². The zero-order valence-corrected chi connectivity index (χ0v) is 5.26. The molecule has 0 saturated heterocycles. The highest BCUT2D eigenvalue weighted by molar-refractivity contribution is 4.84. The largest absolute Gasteiger partial charge is 0.392 e. The number of nitriles is 1. The molecular weight excluding hydrogens is 102 g/mol. The summed E-state index contributed by atoms with van der Waals surface area (Å²) < 4.78 is 0. The Kier molecular flexibility index (Phi) is 3.21. The first-order valence-electron chi connectivity index (χ1n) is 2.80. The third-order valence-corrected chi connectivity index (χ3v) is 1.19. The van der Waals surface area contributed by atoms with E-state index in [1.54, 1.807) is 6.92 Å². The van der Waals surface area contributed by atoms with Crippen LogP contribution in [0.3, 0.4) is 0 Å². The van der Waals surface area contributed by atoms with Gasteiger partial charge in [0.25, 0.3) is 0 Å². The lowest BCUT2D eigenvalue weighted by atomic mass is 10.0. The van der Waals surface area contributed by atoms with Crippen LogP contribution in [0.4, 0.5) is 0 Å². The lowest BCUT2D eigenvalue weighted by Crippen LogP contribution is -2.12. The summed E-state index contributed by atoms with van der Waals surface area (Å²) in [6.45, 7) is 3.53. The quantitative estimate of drug-likeness (QED) is 0.578. The highest BCUT2D eigenvalue weighted by Gasteiger charge is 2.09. The summed E-state index contributed by atoms with van der Waals surface area (Å²) in [5, 5.41) is 17.1. The molecule has 2 nitrogen and oxygen atoms in total. The number of hydrogen-bond donors (Lipinski definition) is 1. The fourth-order valence-electron chi connectivity index (χ4n) is 0.540. The standard InChI is InChI=1S/C6H11NO/c1-3-6(4-7)5(2)8/h5-6,8H,3H2,1-2H3/t5-,6-/m0/s1. The van der Waals surface area contributed by atoms with Crippen LogP contribution in [0, 0.1) is 17.2 Å². The van der Waals surface area contributed by atoms with Gasteiger partial charge < -0.3 is 5.11 Å². The second-order valence-corrected chi connectivity index (χ2v) is 1.88.